The number of hydrogen-bond donors (Lipinski definition) is 0. The molecule has 0 aliphatic rings. The van der Waals surface area contributed by atoms with E-state index in [2.05, 4.69) is 57.7 Å². The maximum atomic E-state index is 5.85. The van der Waals surface area contributed by atoms with Crippen LogP contribution < -0.4 is 4.74 Å². The average Bonchev–Trinajstić information content (AvgIpc) is 2.47. The summed E-state index contributed by atoms with van der Waals surface area (Å²) < 4.78 is 5.85. The molecule has 0 spiro atoms. The van der Waals surface area contributed by atoms with Crippen LogP contribution in [0.4, 0.5) is 0 Å². The number of ether oxygens (including phenoxy) is 1. The highest BCUT2D eigenvalue weighted by molar-refractivity contribution is 5.35. The Morgan fingerprint density at radius 3 is 2.43 bits per heavy atom. The van der Waals surface area contributed by atoms with Gasteiger partial charge in [0.2, 0.25) is 0 Å². The Labute approximate surface area is 128 Å². The number of rotatable bonds is 6. The zero-order valence-electron chi connectivity index (χ0n) is 13.2. The Balaban J connectivity index is 2.11. The molecular formula is C20H24O. The third kappa shape index (κ3) is 4.22. The molecule has 0 aliphatic carbocycles. The maximum Gasteiger partial charge on any atom is 0.119 e. The summed E-state index contributed by atoms with van der Waals surface area (Å²) in [6, 6.07) is 14.8. The molecule has 2 rings (SSSR count). The van der Waals surface area contributed by atoms with Gasteiger partial charge in [0.05, 0.1) is 0 Å². The highest BCUT2D eigenvalue weighted by Gasteiger charge is 2.07. The van der Waals surface area contributed by atoms with Crippen LogP contribution >= 0.6 is 0 Å². The molecule has 0 aliphatic heterocycles. The first-order valence-electron chi connectivity index (χ1n) is 7.52. The van der Waals surface area contributed by atoms with Crippen LogP contribution in [0.25, 0.3) is 0 Å². The SMILES string of the molecule is C=CCc1cc(COc2ccc(C)cc2)ccc1C(C)C. The molecule has 0 N–H and O–H groups in total. The van der Waals surface area contributed by atoms with E-state index in [0.717, 1.165) is 12.2 Å². The minimum absolute atomic E-state index is 0.534. The molecule has 0 fully saturated rings. The molecule has 0 saturated carbocycles. The number of benzene rings is 2. The van der Waals surface area contributed by atoms with Crippen molar-refractivity contribution in [2.24, 2.45) is 0 Å². The second-order valence-electron chi connectivity index (χ2n) is 5.78. The molecule has 0 atom stereocenters. The first kappa shape index (κ1) is 15.4. The summed E-state index contributed by atoms with van der Waals surface area (Å²) >= 11 is 0. The second kappa shape index (κ2) is 7.12. The van der Waals surface area contributed by atoms with Crippen molar-refractivity contribution in [3.8, 4) is 5.75 Å². The summed E-state index contributed by atoms with van der Waals surface area (Å²) in [4.78, 5) is 0. The molecule has 0 heterocycles. The van der Waals surface area contributed by atoms with Crippen LogP contribution in [0.5, 0.6) is 5.75 Å². The van der Waals surface area contributed by atoms with Gasteiger partial charge in [-0.1, -0.05) is 55.8 Å². The summed E-state index contributed by atoms with van der Waals surface area (Å²) in [5.41, 5.74) is 5.20. The molecule has 0 radical (unpaired) electrons. The van der Waals surface area contributed by atoms with Crippen molar-refractivity contribution in [2.75, 3.05) is 0 Å². The van der Waals surface area contributed by atoms with Gasteiger partial charge in [0.15, 0.2) is 0 Å². The van der Waals surface area contributed by atoms with Gasteiger partial charge in [-0.2, -0.15) is 0 Å². The third-order valence-electron chi connectivity index (χ3n) is 3.62. The number of allylic oxidation sites excluding steroid dienone is 1. The standard InChI is InChI=1S/C20H24O/c1-5-6-18-13-17(9-12-20(18)15(2)3)14-21-19-10-7-16(4)8-11-19/h5,7-13,15H,1,6,14H2,2-4H3. The number of hydrogen-bond acceptors (Lipinski definition) is 1. The van der Waals surface area contributed by atoms with E-state index in [9.17, 15) is 0 Å². The van der Waals surface area contributed by atoms with Crippen LogP contribution in [-0.2, 0) is 13.0 Å². The maximum absolute atomic E-state index is 5.85. The van der Waals surface area contributed by atoms with Crippen molar-refractivity contribution in [3.05, 3.63) is 77.4 Å². The van der Waals surface area contributed by atoms with E-state index in [1.54, 1.807) is 0 Å². The molecule has 0 aromatic heterocycles. The van der Waals surface area contributed by atoms with Gasteiger partial charge in [-0.3, -0.25) is 0 Å². The Bertz CT molecular complexity index is 594. The van der Waals surface area contributed by atoms with Crippen molar-refractivity contribution in [1.82, 2.24) is 0 Å². The van der Waals surface area contributed by atoms with Crippen molar-refractivity contribution in [2.45, 2.75) is 39.7 Å². The fourth-order valence-electron chi connectivity index (χ4n) is 2.45. The summed E-state index contributed by atoms with van der Waals surface area (Å²) in [6.07, 6.45) is 2.87. The summed E-state index contributed by atoms with van der Waals surface area (Å²) in [7, 11) is 0. The van der Waals surface area contributed by atoms with Gasteiger partial charge in [-0.25, -0.2) is 0 Å². The van der Waals surface area contributed by atoms with Gasteiger partial charge in [-0.05, 0) is 48.1 Å². The molecule has 1 nitrogen and oxygen atoms in total. The van der Waals surface area contributed by atoms with Gasteiger partial charge in [0.1, 0.15) is 12.4 Å². The lowest BCUT2D eigenvalue weighted by atomic mass is 9.93. The van der Waals surface area contributed by atoms with Gasteiger partial charge in [-0.15, -0.1) is 6.58 Å². The van der Waals surface area contributed by atoms with Gasteiger partial charge >= 0.3 is 0 Å². The van der Waals surface area contributed by atoms with E-state index >= 15 is 0 Å². The fraction of sp³-hybridized carbons (Fsp3) is 0.300. The first-order chi connectivity index (χ1) is 10.1. The van der Waals surface area contributed by atoms with Crippen molar-refractivity contribution in [3.63, 3.8) is 0 Å². The Hall–Kier alpha value is -2.02. The van der Waals surface area contributed by atoms with Crippen LogP contribution in [0.15, 0.2) is 55.1 Å². The predicted molar refractivity (Wildman–Crippen MR) is 89.9 cm³/mol. The van der Waals surface area contributed by atoms with E-state index in [1.807, 2.05) is 18.2 Å². The summed E-state index contributed by atoms with van der Waals surface area (Å²) in [5, 5.41) is 0. The zero-order chi connectivity index (χ0) is 15.2. The number of aryl methyl sites for hydroxylation is 1. The predicted octanol–water partition coefficient (Wildman–Crippen LogP) is 5.43. The van der Waals surface area contributed by atoms with Gasteiger partial charge in [0.25, 0.3) is 0 Å². The third-order valence-corrected chi connectivity index (χ3v) is 3.62. The molecule has 2 aromatic rings. The van der Waals surface area contributed by atoms with Crippen LogP contribution in [0, 0.1) is 6.92 Å². The van der Waals surface area contributed by atoms with Crippen LogP contribution in [0.2, 0.25) is 0 Å². The first-order valence-corrected chi connectivity index (χ1v) is 7.52. The zero-order valence-corrected chi connectivity index (χ0v) is 13.2. The summed E-state index contributed by atoms with van der Waals surface area (Å²) in [6.45, 7) is 11.0. The van der Waals surface area contributed by atoms with E-state index in [1.165, 1.54) is 22.3 Å². The van der Waals surface area contributed by atoms with Crippen molar-refractivity contribution >= 4 is 0 Å². The Kier molecular flexibility index (Phi) is 5.21. The molecule has 1 heteroatoms. The minimum Gasteiger partial charge on any atom is -0.489 e. The highest BCUT2D eigenvalue weighted by Crippen LogP contribution is 2.22. The van der Waals surface area contributed by atoms with E-state index < -0.39 is 0 Å². The average molecular weight is 280 g/mol. The molecule has 0 amide bonds. The van der Waals surface area contributed by atoms with Crippen LogP contribution in [0.1, 0.15) is 42.0 Å². The Morgan fingerprint density at radius 1 is 1.10 bits per heavy atom. The van der Waals surface area contributed by atoms with Crippen molar-refractivity contribution in [1.29, 1.82) is 0 Å². The molecule has 0 bridgehead atoms. The normalized spacial score (nSPS) is 10.7. The van der Waals surface area contributed by atoms with Crippen LogP contribution in [-0.4, -0.2) is 0 Å². The molecule has 110 valence electrons. The Morgan fingerprint density at radius 2 is 1.81 bits per heavy atom. The van der Waals surface area contributed by atoms with Crippen LogP contribution in [0.3, 0.4) is 0 Å². The molecule has 2 aromatic carbocycles. The minimum atomic E-state index is 0.534. The van der Waals surface area contributed by atoms with Gasteiger partial charge in [0, 0.05) is 0 Å². The smallest absolute Gasteiger partial charge is 0.119 e. The quantitative estimate of drug-likeness (QED) is 0.641. The lowest BCUT2D eigenvalue weighted by Crippen LogP contribution is -2.00. The molecule has 21 heavy (non-hydrogen) atoms. The van der Waals surface area contributed by atoms with Crippen molar-refractivity contribution < 1.29 is 4.74 Å². The topological polar surface area (TPSA) is 9.23 Å². The lowest BCUT2D eigenvalue weighted by Gasteiger charge is -2.14. The monoisotopic (exact) mass is 280 g/mol. The molecule has 0 saturated heterocycles. The van der Waals surface area contributed by atoms with Gasteiger partial charge < -0.3 is 4.74 Å². The summed E-state index contributed by atoms with van der Waals surface area (Å²) in [5.74, 6) is 1.45. The van der Waals surface area contributed by atoms with E-state index in [-0.39, 0.29) is 0 Å². The highest BCUT2D eigenvalue weighted by atomic mass is 16.5. The van der Waals surface area contributed by atoms with E-state index in [4.69, 9.17) is 4.74 Å². The molecule has 0 unspecified atom stereocenters. The fourth-order valence-corrected chi connectivity index (χ4v) is 2.45. The molecular weight excluding hydrogens is 256 g/mol. The lowest BCUT2D eigenvalue weighted by molar-refractivity contribution is 0.306. The second-order valence-corrected chi connectivity index (χ2v) is 5.78. The largest absolute Gasteiger partial charge is 0.489 e. The van der Waals surface area contributed by atoms with E-state index in [0.29, 0.717) is 12.5 Å².